The van der Waals surface area contributed by atoms with Gasteiger partial charge >= 0.3 is 6.01 Å². The lowest BCUT2D eigenvalue weighted by molar-refractivity contribution is 0.107. The molecule has 0 aliphatic carbocycles. The molecule has 4 aromatic rings. The zero-order chi connectivity index (χ0) is 32.2. The number of fused-ring (bicyclic) bond motifs is 7. The Bertz CT molecular complexity index is 2000. The number of likely N-dealkylation sites (N-methyl/N-ethyl adjacent to an activating group) is 1. The van der Waals surface area contributed by atoms with Gasteiger partial charge in [0.1, 0.15) is 35.2 Å². The monoisotopic (exact) mass is 662 g/mol. The molecule has 47 heavy (non-hydrogen) atoms. The molecule has 2 bridgehead atoms. The summed E-state index contributed by atoms with van der Waals surface area (Å²) in [6.07, 6.45) is 4.26. The highest BCUT2D eigenvalue weighted by Crippen LogP contribution is 2.48. The molecule has 0 amide bonds. The third-order valence-corrected chi connectivity index (χ3v) is 12.0. The number of pyridine rings is 1. The predicted octanol–water partition coefficient (Wildman–Crippen LogP) is 4.91. The van der Waals surface area contributed by atoms with Crippen molar-refractivity contribution in [3.63, 3.8) is 0 Å². The molecule has 4 atom stereocenters. The van der Waals surface area contributed by atoms with Crippen LogP contribution in [0.5, 0.6) is 6.01 Å². The summed E-state index contributed by atoms with van der Waals surface area (Å²) >= 11 is 0.938. The number of benzene rings is 1. The summed E-state index contributed by atoms with van der Waals surface area (Å²) in [5.74, 6) is -0.689. The van der Waals surface area contributed by atoms with Crippen LogP contribution in [0.4, 0.5) is 24.0 Å². The van der Waals surface area contributed by atoms with Crippen LogP contribution < -0.4 is 15.4 Å². The summed E-state index contributed by atoms with van der Waals surface area (Å²) in [7, 11) is 2.11. The van der Waals surface area contributed by atoms with Gasteiger partial charge in [0.05, 0.1) is 46.3 Å². The molecule has 4 fully saturated rings. The van der Waals surface area contributed by atoms with Gasteiger partial charge in [-0.3, -0.25) is 9.88 Å². The molecule has 10 nitrogen and oxygen atoms in total. The quantitative estimate of drug-likeness (QED) is 0.316. The number of aromatic nitrogens is 3. The van der Waals surface area contributed by atoms with Crippen molar-refractivity contribution in [1.29, 1.82) is 5.26 Å². The maximum atomic E-state index is 17.4. The molecular weight excluding hydrogens is 629 g/mol. The Labute approximate surface area is 272 Å². The minimum absolute atomic E-state index is 0.0350. The van der Waals surface area contributed by atoms with Crippen LogP contribution in [0.15, 0.2) is 6.20 Å². The molecule has 244 valence electrons. The van der Waals surface area contributed by atoms with Crippen molar-refractivity contribution in [2.45, 2.75) is 69.1 Å². The average molecular weight is 663 g/mol. The maximum Gasteiger partial charge on any atom is 0.319 e. The lowest BCUT2D eigenvalue weighted by Gasteiger charge is -2.41. The summed E-state index contributed by atoms with van der Waals surface area (Å²) < 4.78 is 59.4. The number of alkyl halides is 1. The molecule has 14 heteroatoms. The average Bonchev–Trinajstić information content (AvgIpc) is 3.85. The van der Waals surface area contributed by atoms with Crippen LogP contribution in [0.25, 0.3) is 32.2 Å². The first-order chi connectivity index (χ1) is 22.8. The van der Waals surface area contributed by atoms with Crippen molar-refractivity contribution in [2.75, 3.05) is 50.5 Å². The Kier molecular flexibility index (Phi) is 6.64. The van der Waals surface area contributed by atoms with Crippen molar-refractivity contribution in [2.24, 2.45) is 0 Å². The first-order valence-corrected chi connectivity index (χ1v) is 17.0. The summed E-state index contributed by atoms with van der Waals surface area (Å²) in [5.41, 5.74) is 7.35. The van der Waals surface area contributed by atoms with Gasteiger partial charge in [0.25, 0.3) is 0 Å². The first kappa shape index (κ1) is 29.4. The highest BCUT2D eigenvalue weighted by molar-refractivity contribution is 7.23. The van der Waals surface area contributed by atoms with Crippen LogP contribution >= 0.6 is 11.3 Å². The molecular formula is C33H33F3N8O2S. The molecule has 0 saturated carbocycles. The van der Waals surface area contributed by atoms with Gasteiger partial charge in [-0.25, -0.2) is 13.2 Å². The van der Waals surface area contributed by atoms with E-state index in [0.717, 1.165) is 68.4 Å². The fourth-order valence-corrected chi connectivity index (χ4v) is 9.91. The molecule has 4 saturated heterocycles. The summed E-state index contributed by atoms with van der Waals surface area (Å²) in [6, 6.07) is 2.46. The first-order valence-electron chi connectivity index (χ1n) is 16.1. The fraction of sp³-hybridized carbons (Fsp3) is 0.515. The van der Waals surface area contributed by atoms with Crippen LogP contribution in [0, 0.1) is 23.0 Å². The van der Waals surface area contributed by atoms with Crippen molar-refractivity contribution < 1.29 is 22.6 Å². The van der Waals surface area contributed by atoms with E-state index in [1.807, 2.05) is 0 Å². The molecule has 9 rings (SSSR count). The molecule has 2 N–H and O–H groups in total. The van der Waals surface area contributed by atoms with Gasteiger partial charge in [0.15, 0.2) is 11.6 Å². The topological polar surface area (TPSA) is 117 Å². The number of hydrogen-bond donors (Lipinski definition) is 1. The normalized spacial score (nSPS) is 27.2. The van der Waals surface area contributed by atoms with E-state index in [2.05, 4.69) is 32.8 Å². The third kappa shape index (κ3) is 4.29. The van der Waals surface area contributed by atoms with E-state index in [4.69, 9.17) is 25.2 Å². The van der Waals surface area contributed by atoms with E-state index < -0.39 is 23.3 Å². The highest BCUT2D eigenvalue weighted by Gasteiger charge is 2.50. The predicted molar refractivity (Wildman–Crippen MR) is 171 cm³/mol. The van der Waals surface area contributed by atoms with Crippen molar-refractivity contribution in [3.05, 3.63) is 34.5 Å². The van der Waals surface area contributed by atoms with Crippen LogP contribution in [-0.2, 0) is 18.0 Å². The summed E-state index contributed by atoms with van der Waals surface area (Å²) in [4.78, 5) is 20.9. The van der Waals surface area contributed by atoms with E-state index in [1.54, 1.807) is 0 Å². The number of thiophene rings is 1. The number of piperazine rings is 1. The Morgan fingerprint density at radius 2 is 1.94 bits per heavy atom. The van der Waals surface area contributed by atoms with Crippen LogP contribution in [0.3, 0.4) is 0 Å². The molecule has 2 unspecified atom stereocenters. The van der Waals surface area contributed by atoms with Gasteiger partial charge < -0.3 is 25.0 Å². The van der Waals surface area contributed by atoms with E-state index >= 15 is 4.39 Å². The third-order valence-electron chi connectivity index (χ3n) is 10.9. The minimum Gasteiger partial charge on any atom is -0.461 e. The van der Waals surface area contributed by atoms with Crippen molar-refractivity contribution in [3.8, 4) is 23.3 Å². The highest BCUT2D eigenvalue weighted by atomic mass is 32.1. The number of rotatable bonds is 5. The number of nitrogen functional groups attached to an aromatic ring is 1. The van der Waals surface area contributed by atoms with Gasteiger partial charge in [-0.1, -0.05) is 0 Å². The summed E-state index contributed by atoms with van der Waals surface area (Å²) in [5, 5.41) is 10.8. The molecule has 1 aromatic carbocycles. The molecule has 0 spiro atoms. The Morgan fingerprint density at radius 1 is 1.15 bits per heavy atom. The van der Waals surface area contributed by atoms with Crippen LogP contribution in [0.1, 0.15) is 48.8 Å². The van der Waals surface area contributed by atoms with Gasteiger partial charge in [-0.15, -0.1) is 11.3 Å². The van der Waals surface area contributed by atoms with Crippen molar-refractivity contribution >= 4 is 43.1 Å². The molecule has 5 aliphatic rings. The molecule has 0 radical (unpaired) electrons. The number of nitrogens with zero attached hydrogens (tertiary/aromatic N) is 7. The van der Waals surface area contributed by atoms with Crippen molar-refractivity contribution in [1.82, 2.24) is 24.8 Å². The Morgan fingerprint density at radius 3 is 2.72 bits per heavy atom. The number of likely N-dealkylation sites (tertiary alicyclic amines) is 1. The molecule has 5 aliphatic heterocycles. The van der Waals surface area contributed by atoms with Crippen LogP contribution in [-0.4, -0.2) is 88.4 Å². The van der Waals surface area contributed by atoms with E-state index in [1.165, 1.54) is 0 Å². The SMILES string of the molecule is CN1CC2CCC(C1)N2c1nc(OC[C@@]23CCCN2C[C@H](F)C3)nc2c(F)c(-c3ncc(F)c4sc(N)c(C#N)c34)c3c(c12)COC3. The lowest BCUT2D eigenvalue weighted by atomic mass is 9.93. The fourth-order valence-electron chi connectivity index (χ4n) is 8.99. The van der Waals surface area contributed by atoms with E-state index in [-0.39, 0.29) is 75.3 Å². The zero-order valence-electron chi connectivity index (χ0n) is 25.9. The largest absolute Gasteiger partial charge is 0.461 e. The number of nitrogens with two attached hydrogens (primary N) is 1. The minimum atomic E-state index is -0.917. The van der Waals surface area contributed by atoms with E-state index in [9.17, 15) is 14.0 Å². The number of ether oxygens (including phenoxy) is 2. The molecule has 3 aromatic heterocycles. The zero-order valence-corrected chi connectivity index (χ0v) is 26.7. The Balaban J connectivity index is 1.27. The second kappa shape index (κ2) is 10.6. The summed E-state index contributed by atoms with van der Waals surface area (Å²) in [6.45, 7) is 3.42. The molecule has 8 heterocycles. The number of nitriles is 1. The maximum absolute atomic E-state index is 17.4. The number of hydrogen-bond acceptors (Lipinski definition) is 11. The van der Waals surface area contributed by atoms with Gasteiger partial charge in [-0.2, -0.15) is 15.2 Å². The van der Waals surface area contributed by atoms with Gasteiger partial charge in [0, 0.05) is 49.1 Å². The Hall–Kier alpha value is -3.77. The standard InChI is InChI=1S/C33H33F3N8O2S/c1-42-11-17-3-4-18(12-42)44(17)31-25-21-14-45-13-20(21)23(27-24-19(8-37)30(38)47-29(24)22(35)9-39-27)26(36)28(25)40-32(41-31)46-15-33-5-2-6-43(33)10-16(34)7-33/h9,16-18H,2-7,10-15,38H2,1H3/t16-,17?,18?,33+/m1/s1. The lowest BCUT2D eigenvalue weighted by Crippen LogP contribution is -2.53. The van der Waals surface area contributed by atoms with E-state index in [0.29, 0.717) is 29.7 Å². The second-order valence-corrected chi connectivity index (χ2v) is 14.7. The van der Waals surface area contributed by atoms with Gasteiger partial charge in [-0.05, 0) is 50.4 Å². The number of halogens is 3. The van der Waals surface area contributed by atoms with Crippen LogP contribution in [0.2, 0.25) is 0 Å². The second-order valence-electron chi connectivity index (χ2n) is 13.7. The smallest absolute Gasteiger partial charge is 0.319 e. The number of anilines is 2. The van der Waals surface area contributed by atoms with Gasteiger partial charge in [0.2, 0.25) is 0 Å².